The molecule has 2 heterocycles. The Bertz CT molecular complexity index is 1130. The van der Waals surface area contributed by atoms with Crippen molar-refractivity contribution in [2.24, 2.45) is 0 Å². The van der Waals surface area contributed by atoms with Crippen LogP contribution in [0.3, 0.4) is 0 Å². The minimum absolute atomic E-state index is 0.652. The fraction of sp³-hybridized carbons (Fsp3) is 0.486. The van der Waals surface area contributed by atoms with Gasteiger partial charge in [0.1, 0.15) is 0 Å². The van der Waals surface area contributed by atoms with Crippen molar-refractivity contribution >= 4 is 17.2 Å². The van der Waals surface area contributed by atoms with Crippen LogP contribution < -0.4 is 0 Å². The van der Waals surface area contributed by atoms with Gasteiger partial charge in [0.15, 0.2) is 0 Å². The van der Waals surface area contributed by atoms with E-state index in [0.29, 0.717) is 6.04 Å². The van der Waals surface area contributed by atoms with E-state index in [1.165, 1.54) is 84.2 Å². The van der Waals surface area contributed by atoms with Crippen molar-refractivity contribution in [3.8, 4) is 0 Å². The number of nitrogens with zero attached hydrogens (tertiary/aromatic N) is 2. The third kappa shape index (κ3) is 6.19. The van der Waals surface area contributed by atoms with Crippen molar-refractivity contribution in [3.63, 3.8) is 0 Å². The first-order chi connectivity index (χ1) is 18.1. The van der Waals surface area contributed by atoms with Crippen molar-refractivity contribution in [1.82, 2.24) is 9.80 Å². The maximum absolute atomic E-state index is 2.53. The quantitative estimate of drug-likeness (QED) is 0.411. The summed E-state index contributed by atoms with van der Waals surface area (Å²) in [6, 6.07) is 17.9. The lowest BCUT2D eigenvalue weighted by Crippen LogP contribution is -2.26. The molecule has 0 bridgehead atoms. The maximum Gasteiger partial charge on any atom is 0.0311 e. The first-order valence-electron chi connectivity index (χ1n) is 14.9. The maximum atomic E-state index is 2.53. The fourth-order valence-electron chi connectivity index (χ4n) is 6.47. The predicted molar refractivity (Wildman–Crippen MR) is 163 cm³/mol. The largest absolute Gasteiger partial charge is 0.303 e. The molecule has 2 nitrogen and oxygen atoms in total. The molecule has 37 heavy (non-hydrogen) atoms. The van der Waals surface area contributed by atoms with Gasteiger partial charge in [-0.15, -0.1) is 0 Å². The second kappa shape index (κ2) is 12.9. The van der Waals surface area contributed by atoms with Crippen LogP contribution in [-0.2, 0) is 12.8 Å². The first kappa shape index (κ1) is 27.6. The molecule has 6 rings (SSSR count). The highest BCUT2D eigenvalue weighted by molar-refractivity contribution is 5.89. The molecule has 2 aromatic rings. The second-order valence-electron chi connectivity index (χ2n) is 10.7. The Morgan fingerprint density at radius 2 is 1.41 bits per heavy atom. The zero-order valence-electron chi connectivity index (χ0n) is 24.2. The number of hydrogen-bond donors (Lipinski definition) is 0. The number of likely N-dealkylation sites (tertiary alicyclic amines) is 2. The van der Waals surface area contributed by atoms with E-state index in [9.17, 15) is 0 Å². The van der Waals surface area contributed by atoms with Gasteiger partial charge < -0.3 is 4.90 Å². The molecule has 2 heteroatoms. The van der Waals surface area contributed by atoms with Crippen molar-refractivity contribution in [2.75, 3.05) is 27.2 Å². The van der Waals surface area contributed by atoms with E-state index < -0.39 is 0 Å². The van der Waals surface area contributed by atoms with Crippen LogP contribution in [-0.4, -0.2) is 49.1 Å². The summed E-state index contributed by atoms with van der Waals surface area (Å²) in [4.78, 5) is 5.05. The summed E-state index contributed by atoms with van der Waals surface area (Å²) in [5, 5.41) is 0. The van der Waals surface area contributed by atoms with Gasteiger partial charge in [-0.3, -0.25) is 4.90 Å². The van der Waals surface area contributed by atoms with Gasteiger partial charge in [-0.05, 0) is 117 Å². The molecule has 0 amide bonds. The van der Waals surface area contributed by atoms with E-state index >= 15 is 0 Å². The lowest BCUT2D eigenvalue weighted by atomic mass is 9.95. The van der Waals surface area contributed by atoms with Crippen LogP contribution in [0.15, 0.2) is 60.2 Å². The molecule has 2 aliphatic carbocycles. The van der Waals surface area contributed by atoms with Crippen LogP contribution in [0, 0.1) is 0 Å². The molecular weight excluding hydrogens is 448 g/mol. The number of rotatable bonds is 5. The van der Waals surface area contributed by atoms with Crippen molar-refractivity contribution in [3.05, 3.63) is 88.0 Å². The summed E-state index contributed by atoms with van der Waals surface area (Å²) >= 11 is 0. The fourth-order valence-corrected chi connectivity index (χ4v) is 6.47. The molecular formula is C35H48N2. The summed E-state index contributed by atoms with van der Waals surface area (Å²) in [6.07, 6.45) is 15.8. The van der Waals surface area contributed by atoms with Gasteiger partial charge in [-0.1, -0.05) is 88.4 Å². The standard InChI is InChI=1S/C31H36N2.2C2H6/c1-32-15-3-5-30(32)18-22-7-8-26-20-29(21-28(26)17-22)24-11-9-23(10-12-24)25-13-14-27(19-25)31-6-4-16-33(31)2;2*1-2/h7-14,17,20,30-31H,3-6,15-16,18-19,21H2,1-2H3;2*1-2H3. The predicted octanol–water partition coefficient (Wildman–Crippen LogP) is 8.28. The van der Waals surface area contributed by atoms with Crippen LogP contribution in [0.25, 0.3) is 17.2 Å². The molecule has 2 unspecified atom stereocenters. The molecule has 0 saturated carbocycles. The molecule has 2 fully saturated rings. The number of likely N-dealkylation sites (N-methyl/N-ethyl adjacent to an activating group) is 2. The average molecular weight is 497 g/mol. The van der Waals surface area contributed by atoms with Crippen LogP contribution in [0.1, 0.15) is 87.6 Å². The zero-order valence-corrected chi connectivity index (χ0v) is 24.2. The monoisotopic (exact) mass is 496 g/mol. The molecule has 4 aliphatic rings. The highest BCUT2D eigenvalue weighted by Crippen LogP contribution is 2.37. The molecule has 0 N–H and O–H groups in total. The summed E-state index contributed by atoms with van der Waals surface area (Å²) in [5.74, 6) is 0. The normalized spacial score (nSPS) is 22.9. The van der Waals surface area contributed by atoms with E-state index in [1.807, 2.05) is 27.7 Å². The topological polar surface area (TPSA) is 6.48 Å². The molecule has 0 aromatic heterocycles. The number of allylic oxidation sites excluding steroid dienone is 4. The van der Waals surface area contributed by atoms with E-state index in [0.717, 1.165) is 18.9 Å². The second-order valence-corrected chi connectivity index (χ2v) is 10.7. The van der Waals surface area contributed by atoms with Crippen LogP contribution in [0.5, 0.6) is 0 Å². The van der Waals surface area contributed by atoms with E-state index in [-0.39, 0.29) is 0 Å². The molecule has 2 atom stereocenters. The van der Waals surface area contributed by atoms with Gasteiger partial charge in [0.25, 0.3) is 0 Å². The van der Waals surface area contributed by atoms with Crippen molar-refractivity contribution < 1.29 is 0 Å². The zero-order chi connectivity index (χ0) is 26.4. The molecule has 2 saturated heterocycles. The molecule has 0 spiro atoms. The van der Waals surface area contributed by atoms with E-state index in [1.54, 1.807) is 5.57 Å². The highest BCUT2D eigenvalue weighted by atomic mass is 15.1. The molecule has 2 aliphatic heterocycles. The van der Waals surface area contributed by atoms with Crippen LogP contribution in [0.2, 0.25) is 0 Å². The Morgan fingerprint density at radius 1 is 0.730 bits per heavy atom. The first-order valence-corrected chi connectivity index (χ1v) is 14.9. The summed E-state index contributed by atoms with van der Waals surface area (Å²) in [6.45, 7) is 10.5. The Kier molecular flexibility index (Phi) is 9.62. The third-order valence-electron chi connectivity index (χ3n) is 8.53. The summed E-state index contributed by atoms with van der Waals surface area (Å²) in [7, 11) is 4.55. The van der Waals surface area contributed by atoms with Gasteiger partial charge in [-0.2, -0.15) is 0 Å². The highest BCUT2D eigenvalue weighted by Gasteiger charge is 2.27. The van der Waals surface area contributed by atoms with Crippen LogP contribution in [0.4, 0.5) is 0 Å². The average Bonchev–Trinajstić information content (AvgIpc) is 3.74. The van der Waals surface area contributed by atoms with Crippen molar-refractivity contribution in [1.29, 1.82) is 0 Å². The van der Waals surface area contributed by atoms with Gasteiger partial charge in [0.2, 0.25) is 0 Å². The Labute approximate surface area is 226 Å². The third-order valence-corrected chi connectivity index (χ3v) is 8.53. The molecule has 0 radical (unpaired) electrons. The SMILES string of the molecule is CC.CC.CN1CCCC1Cc1ccc2c(c1)CC(c1ccc(C3=CC=C(C4CCCN4C)C3)cc1)=C2. The number of benzene rings is 2. The summed E-state index contributed by atoms with van der Waals surface area (Å²) in [5.41, 5.74) is 11.7. The van der Waals surface area contributed by atoms with Crippen LogP contribution >= 0.6 is 0 Å². The number of fused-ring (bicyclic) bond motifs is 1. The summed E-state index contributed by atoms with van der Waals surface area (Å²) < 4.78 is 0. The van der Waals surface area contributed by atoms with Gasteiger partial charge in [0.05, 0.1) is 0 Å². The minimum atomic E-state index is 0.652. The van der Waals surface area contributed by atoms with Gasteiger partial charge in [-0.25, -0.2) is 0 Å². The molecule has 198 valence electrons. The Hall–Kier alpha value is -2.42. The minimum Gasteiger partial charge on any atom is -0.303 e. The lowest BCUT2D eigenvalue weighted by molar-refractivity contribution is 0.309. The van der Waals surface area contributed by atoms with E-state index in [2.05, 4.69) is 84.6 Å². The van der Waals surface area contributed by atoms with Gasteiger partial charge in [0, 0.05) is 12.1 Å². The van der Waals surface area contributed by atoms with Gasteiger partial charge >= 0.3 is 0 Å². The smallest absolute Gasteiger partial charge is 0.0311 e. The Morgan fingerprint density at radius 3 is 2.05 bits per heavy atom. The van der Waals surface area contributed by atoms with E-state index in [4.69, 9.17) is 0 Å². The lowest BCUT2D eigenvalue weighted by Gasteiger charge is -2.21. The Balaban J connectivity index is 0.000000765. The van der Waals surface area contributed by atoms with Crippen molar-refractivity contribution in [2.45, 2.75) is 84.7 Å². The number of hydrogen-bond acceptors (Lipinski definition) is 2. The molecule has 2 aromatic carbocycles.